The zero-order valence-electron chi connectivity index (χ0n) is 11.7. The van der Waals surface area contributed by atoms with Crippen LogP contribution in [0.25, 0.3) is 0 Å². The van der Waals surface area contributed by atoms with Gasteiger partial charge in [0.05, 0.1) is 5.69 Å². The molecule has 0 atom stereocenters. The summed E-state index contributed by atoms with van der Waals surface area (Å²) in [4.78, 5) is 9.41. The third-order valence-corrected chi connectivity index (χ3v) is 5.64. The largest absolute Gasteiger partial charge is 0.264 e. The number of thiophene rings is 1. The van der Waals surface area contributed by atoms with Gasteiger partial charge in [-0.25, -0.2) is 13.4 Å². The summed E-state index contributed by atoms with van der Waals surface area (Å²) in [5.74, 6) is 0.319. The summed E-state index contributed by atoms with van der Waals surface area (Å²) in [6, 6.07) is 0. The van der Waals surface area contributed by atoms with Gasteiger partial charge < -0.3 is 0 Å². The Balaban J connectivity index is 2.39. The minimum Gasteiger partial charge on any atom is -0.262 e. The molecule has 108 valence electrons. The first-order chi connectivity index (χ1) is 9.45. The molecule has 0 aromatic carbocycles. The smallest absolute Gasteiger partial charge is 0.262 e. The molecule has 7 heteroatoms. The van der Waals surface area contributed by atoms with Gasteiger partial charge in [0, 0.05) is 17.3 Å². The zero-order chi connectivity index (χ0) is 14.8. The van der Waals surface area contributed by atoms with Crippen molar-refractivity contribution in [3.63, 3.8) is 0 Å². The topological polar surface area (TPSA) is 72.0 Å². The van der Waals surface area contributed by atoms with Gasteiger partial charge in [0.1, 0.15) is 4.90 Å². The van der Waals surface area contributed by atoms with E-state index in [0.717, 1.165) is 16.9 Å². The number of anilines is 1. The first-order valence-electron chi connectivity index (χ1n) is 6.33. The molecule has 0 spiro atoms. The van der Waals surface area contributed by atoms with Crippen molar-refractivity contribution in [1.82, 2.24) is 9.97 Å². The monoisotopic (exact) mass is 311 g/mol. The van der Waals surface area contributed by atoms with Crippen LogP contribution in [0.5, 0.6) is 0 Å². The van der Waals surface area contributed by atoms with E-state index in [4.69, 9.17) is 0 Å². The average molecular weight is 311 g/mol. The molecule has 0 bridgehead atoms. The van der Waals surface area contributed by atoms with Crippen LogP contribution >= 0.6 is 11.3 Å². The molecule has 0 aliphatic rings. The second-order valence-corrected chi connectivity index (χ2v) is 7.21. The number of aryl methyl sites for hydroxylation is 3. The van der Waals surface area contributed by atoms with Crippen LogP contribution < -0.4 is 4.72 Å². The summed E-state index contributed by atoms with van der Waals surface area (Å²) in [7, 11) is -3.61. The fraction of sp³-hybridized carbons (Fsp3) is 0.385. The fourth-order valence-electron chi connectivity index (χ4n) is 2.01. The third kappa shape index (κ3) is 2.99. The van der Waals surface area contributed by atoms with E-state index in [-0.39, 0.29) is 0 Å². The van der Waals surface area contributed by atoms with Crippen molar-refractivity contribution >= 4 is 27.2 Å². The fourth-order valence-corrected chi connectivity index (χ4v) is 4.69. The van der Waals surface area contributed by atoms with Gasteiger partial charge in [0.25, 0.3) is 10.0 Å². The van der Waals surface area contributed by atoms with Crippen LogP contribution in [0, 0.1) is 13.8 Å². The van der Waals surface area contributed by atoms with Gasteiger partial charge in [-0.1, -0.05) is 13.3 Å². The Labute approximate surface area is 123 Å². The van der Waals surface area contributed by atoms with Crippen LogP contribution in [0.3, 0.4) is 0 Å². The van der Waals surface area contributed by atoms with Crippen LogP contribution in [0.4, 0.5) is 5.82 Å². The van der Waals surface area contributed by atoms with E-state index in [9.17, 15) is 8.42 Å². The van der Waals surface area contributed by atoms with Crippen LogP contribution in [-0.2, 0) is 16.4 Å². The minimum absolute atomic E-state index is 0.319. The van der Waals surface area contributed by atoms with Crippen LogP contribution in [-0.4, -0.2) is 18.4 Å². The molecule has 0 aliphatic carbocycles. The van der Waals surface area contributed by atoms with Crippen molar-refractivity contribution in [2.24, 2.45) is 0 Å². The molecular formula is C13H17N3O2S2. The van der Waals surface area contributed by atoms with E-state index in [1.165, 1.54) is 17.5 Å². The Hall–Kier alpha value is -1.47. The van der Waals surface area contributed by atoms with Gasteiger partial charge in [0.15, 0.2) is 5.82 Å². The van der Waals surface area contributed by atoms with E-state index in [0.29, 0.717) is 22.8 Å². The summed E-state index contributed by atoms with van der Waals surface area (Å²) in [5, 5.41) is 1.84. The summed E-state index contributed by atoms with van der Waals surface area (Å²) in [6.45, 7) is 5.61. The number of nitrogens with zero attached hydrogens (tertiary/aromatic N) is 2. The number of hydrogen-bond donors (Lipinski definition) is 1. The number of rotatable bonds is 5. The quantitative estimate of drug-likeness (QED) is 0.921. The van der Waals surface area contributed by atoms with Gasteiger partial charge in [-0.3, -0.25) is 9.71 Å². The van der Waals surface area contributed by atoms with Crippen molar-refractivity contribution in [1.29, 1.82) is 0 Å². The Morgan fingerprint density at radius 1 is 1.25 bits per heavy atom. The van der Waals surface area contributed by atoms with E-state index in [1.54, 1.807) is 20.0 Å². The first-order valence-corrected chi connectivity index (χ1v) is 8.69. The molecular weight excluding hydrogens is 294 g/mol. The molecule has 2 aromatic rings. The molecule has 0 radical (unpaired) electrons. The predicted molar refractivity (Wildman–Crippen MR) is 80.6 cm³/mol. The maximum absolute atomic E-state index is 12.5. The molecule has 20 heavy (non-hydrogen) atoms. The maximum Gasteiger partial charge on any atom is 0.264 e. The molecule has 0 saturated carbocycles. The van der Waals surface area contributed by atoms with Gasteiger partial charge in [-0.15, -0.1) is 11.3 Å². The molecule has 1 N–H and O–H groups in total. The van der Waals surface area contributed by atoms with Gasteiger partial charge in [0.2, 0.25) is 0 Å². The van der Waals surface area contributed by atoms with E-state index < -0.39 is 10.0 Å². The number of aromatic nitrogens is 2. The molecule has 2 rings (SSSR count). The van der Waals surface area contributed by atoms with Crippen molar-refractivity contribution in [3.8, 4) is 0 Å². The molecule has 2 heterocycles. The highest BCUT2D eigenvalue weighted by molar-refractivity contribution is 7.93. The van der Waals surface area contributed by atoms with Gasteiger partial charge in [-0.2, -0.15) is 0 Å². The highest BCUT2D eigenvalue weighted by Crippen LogP contribution is 2.27. The van der Waals surface area contributed by atoms with Crippen molar-refractivity contribution in [2.45, 2.75) is 38.5 Å². The van der Waals surface area contributed by atoms with Crippen molar-refractivity contribution in [2.75, 3.05) is 4.72 Å². The Morgan fingerprint density at radius 2 is 1.95 bits per heavy atom. The molecule has 0 unspecified atom stereocenters. The summed E-state index contributed by atoms with van der Waals surface area (Å²) in [5.41, 5.74) is 1.42. The van der Waals surface area contributed by atoms with Crippen LogP contribution in [0.1, 0.15) is 29.5 Å². The van der Waals surface area contributed by atoms with Gasteiger partial charge in [-0.05, 0) is 31.2 Å². The van der Waals surface area contributed by atoms with E-state index in [2.05, 4.69) is 14.7 Å². The second-order valence-electron chi connectivity index (χ2n) is 4.51. The molecule has 2 aromatic heterocycles. The minimum atomic E-state index is -3.61. The number of hydrogen-bond acceptors (Lipinski definition) is 5. The lowest BCUT2D eigenvalue weighted by Gasteiger charge is -2.10. The van der Waals surface area contributed by atoms with Crippen molar-refractivity contribution < 1.29 is 8.42 Å². The Bertz CT molecular complexity index is 689. The molecule has 0 aliphatic heterocycles. The highest BCUT2D eigenvalue weighted by atomic mass is 32.2. The van der Waals surface area contributed by atoms with Crippen LogP contribution in [0.15, 0.2) is 22.7 Å². The summed E-state index contributed by atoms with van der Waals surface area (Å²) >= 11 is 1.43. The standard InChI is InChI=1S/C13H17N3O2S2/c1-4-5-11-13(15-7-6-14-11)16-20(17,18)12-9(2)8-19-10(12)3/h6-8H,4-5H2,1-3H3,(H,15,16). The molecule has 0 saturated heterocycles. The van der Waals surface area contributed by atoms with Crippen molar-refractivity contribution in [3.05, 3.63) is 33.9 Å². The Morgan fingerprint density at radius 3 is 2.55 bits per heavy atom. The number of nitrogens with one attached hydrogen (secondary N) is 1. The molecule has 0 fully saturated rings. The SMILES string of the molecule is CCCc1nccnc1NS(=O)(=O)c1c(C)csc1C. The normalized spacial score (nSPS) is 11.6. The third-order valence-electron chi connectivity index (χ3n) is 2.85. The summed E-state index contributed by atoms with van der Waals surface area (Å²) < 4.78 is 27.5. The van der Waals surface area contributed by atoms with E-state index in [1.807, 2.05) is 12.3 Å². The Kier molecular flexibility index (Phi) is 4.39. The zero-order valence-corrected chi connectivity index (χ0v) is 13.3. The lowest BCUT2D eigenvalue weighted by Crippen LogP contribution is -2.17. The highest BCUT2D eigenvalue weighted by Gasteiger charge is 2.22. The summed E-state index contributed by atoms with van der Waals surface area (Å²) in [6.07, 6.45) is 4.63. The van der Waals surface area contributed by atoms with E-state index >= 15 is 0 Å². The average Bonchev–Trinajstić information content (AvgIpc) is 2.72. The second kappa shape index (κ2) is 5.88. The lowest BCUT2D eigenvalue weighted by molar-refractivity contribution is 0.600. The molecule has 0 amide bonds. The molecule has 5 nitrogen and oxygen atoms in total. The van der Waals surface area contributed by atoms with Crippen LogP contribution in [0.2, 0.25) is 0 Å². The first kappa shape index (κ1) is 14.9. The number of sulfonamides is 1. The predicted octanol–water partition coefficient (Wildman–Crippen LogP) is 2.91. The maximum atomic E-state index is 12.5. The van der Waals surface area contributed by atoms with Gasteiger partial charge >= 0.3 is 0 Å². The lowest BCUT2D eigenvalue weighted by atomic mass is 10.2.